The molecule has 5 nitrogen and oxygen atoms in total. The van der Waals surface area contributed by atoms with Gasteiger partial charge in [0.05, 0.1) is 17.1 Å². The quantitative estimate of drug-likeness (QED) is 0.425. The molecule has 1 atom stereocenters. The van der Waals surface area contributed by atoms with E-state index in [0.29, 0.717) is 18.3 Å². The van der Waals surface area contributed by atoms with Gasteiger partial charge in [-0.15, -0.1) is 0 Å². The Kier molecular flexibility index (Phi) is 8.03. The molecule has 0 N–H and O–H groups in total. The van der Waals surface area contributed by atoms with E-state index in [1.807, 2.05) is 6.92 Å². The molecule has 0 aromatic heterocycles. The maximum atomic E-state index is 10.6. The number of rotatable bonds is 11. The molecule has 0 heterocycles. The van der Waals surface area contributed by atoms with Crippen molar-refractivity contribution >= 4 is 5.69 Å². The highest BCUT2D eigenvalue weighted by molar-refractivity contribution is 5.35. The van der Waals surface area contributed by atoms with Crippen LogP contribution in [0.2, 0.25) is 0 Å². The second-order valence-electron chi connectivity index (χ2n) is 6.58. The Morgan fingerprint density at radius 1 is 1.22 bits per heavy atom. The summed E-state index contributed by atoms with van der Waals surface area (Å²) in [6, 6.07) is 6.23. The van der Waals surface area contributed by atoms with E-state index in [-0.39, 0.29) is 11.3 Å². The number of hydrogen-bond donors (Lipinski definition) is 0. The molecule has 0 bridgehead atoms. The summed E-state index contributed by atoms with van der Waals surface area (Å²) in [4.78, 5) is 10.2. The first-order valence-electron chi connectivity index (χ1n) is 8.35. The molecule has 1 aromatic carbocycles. The third-order valence-electron chi connectivity index (χ3n) is 3.94. The van der Waals surface area contributed by atoms with Gasteiger partial charge in [-0.25, -0.2) is 0 Å². The van der Waals surface area contributed by atoms with Crippen LogP contribution in [-0.2, 0) is 4.74 Å². The summed E-state index contributed by atoms with van der Waals surface area (Å²) in [5, 5.41) is 10.6. The van der Waals surface area contributed by atoms with E-state index in [9.17, 15) is 10.1 Å². The zero-order chi connectivity index (χ0) is 17.3. The summed E-state index contributed by atoms with van der Waals surface area (Å²) in [6.45, 7) is 9.92. The number of hydrogen-bond acceptors (Lipinski definition) is 4. The van der Waals surface area contributed by atoms with Crippen molar-refractivity contribution in [2.45, 2.75) is 59.0 Å². The molecule has 5 heteroatoms. The fourth-order valence-corrected chi connectivity index (χ4v) is 2.53. The Morgan fingerprint density at radius 3 is 2.43 bits per heavy atom. The van der Waals surface area contributed by atoms with Crippen molar-refractivity contribution in [2.75, 3.05) is 13.2 Å². The molecule has 0 fully saturated rings. The van der Waals surface area contributed by atoms with Crippen molar-refractivity contribution < 1.29 is 14.4 Å². The Morgan fingerprint density at radius 2 is 1.87 bits per heavy atom. The van der Waals surface area contributed by atoms with Crippen LogP contribution in [0.25, 0.3) is 0 Å². The van der Waals surface area contributed by atoms with Crippen molar-refractivity contribution in [2.24, 2.45) is 5.92 Å². The van der Waals surface area contributed by atoms with E-state index in [0.717, 1.165) is 32.3 Å². The maximum absolute atomic E-state index is 10.6. The lowest BCUT2D eigenvalue weighted by Gasteiger charge is -2.25. The average molecular weight is 323 g/mol. The summed E-state index contributed by atoms with van der Waals surface area (Å²) in [6.07, 6.45) is 4.34. The predicted molar refractivity (Wildman–Crippen MR) is 91.9 cm³/mol. The Bertz CT molecular complexity index is 470. The molecule has 0 radical (unpaired) electrons. The zero-order valence-corrected chi connectivity index (χ0v) is 14.7. The number of nitro benzene ring substituents is 1. The van der Waals surface area contributed by atoms with Crippen LogP contribution in [0.4, 0.5) is 5.69 Å². The van der Waals surface area contributed by atoms with E-state index in [2.05, 4.69) is 20.8 Å². The molecule has 0 amide bonds. The lowest BCUT2D eigenvalue weighted by molar-refractivity contribution is -0.384. The van der Waals surface area contributed by atoms with E-state index >= 15 is 0 Å². The van der Waals surface area contributed by atoms with Crippen LogP contribution >= 0.6 is 0 Å². The molecule has 1 unspecified atom stereocenters. The molecule has 130 valence electrons. The minimum absolute atomic E-state index is 0.0380. The van der Waals surface area contributed by atoms with Crippen LogP contribution in [-0.4, -0.2) is 23.7 Å². The summed E-state index contributed by atoms with van der Waals surface area (Å²) in [5.41, 5.74) is 0.0478. The predicted octanol–water partition coefficient (Wildman–Crippen LogP) is 4.99. The first-order chi connectivity index (χ1) is 10.8. The number of nitro groups is 1. The standard InChI is InChI=1S/C18H29NO4/c1-5-23-18(3,4)13-6-7-15(2)12-14-22-17-10-8-16(9-11-17)19(20)21/h8-11,15H,5-7,12-14H2,1-4H3. The SMILES string of the molecule is CCOC(C)(C)CCCC(C)CCOc1ccc([N+](=O)[O-])cc1. The van der Waals surface area contributed by atoms with Crippen LogP contribution in [0.3, 0.4) is 0 Å². The number of benzene rings is 1. The molecular formula is C18H29NO4. The second kappa shape index (κ2) is 9.50. The van der Waals surface area contributed by atoms with E-state index in [1.165, 1.54) is 12.1 Å². The van der Waals surface area contributed by atoms with Gasteiger partial charge in [0.15, 0.2) is 0 Å². The normalized spacial score (nSPS) is 12.9. The molecule has 0 saturated carbocycles. The van der Waals surface area contributed by atoms with Crippen molar-refractivity contribution in [1.82, 2.24) is 0 Å². The largest absolute Gasteiger partial charge is 0.494 e. The Labute approximate surface area is 139 Å². The van der Waals surface area contributed by atoms with Gasteiger partial charge in [0.25, 0.3) is 5.69 Å². The minimum atomic E-state index is -0.407. The third-order valence-corrected chi connectivity index (χ3v) is 3.94. The molecule has 0 aliphatic heterocycles. The van der Waals surface area contributed by atoms with Gasteiger partial charge >= 0.3 is 0 Å². The van der Waals surface area contributed by atoms with Gasteiger partial charge in [0, 0.05) is 18.7 Å². The lowest BCUT2D eigenvalue weighted by atomic mass is 9.95. The van der Waals surface area contributed by atoms with Crippen LogP contribution in [0, 0.1) is 16.0 Å². The van der Waals surface area contributed by atoms with Gasteiger partial charge in [-0.1, -0.05) is 19.8 Å². The number of ether oxygens (including phenoxy) is 2. The summed E-state index contributed by atoms with van der Waals surface area (Å²) in [7, 11) is 0. The summed E-state index contributed by atoms with van der Waals surface area (Å²) >= 11 is 0. The van der Waals surface area contributed by atoms with Gasteiger partial charge in [-0.2, -0.15) is 0 Å². The molecule has 1 rings (SSSR count). The van der Waals surface area contributed by atoms with Crippen molar-refractivity contribution in [1.29, 1.82) is 0 Å². The van der Waals surface area contributed by atoms with Crippen LogP contribution in [0.1, 0.15) is 53.4 Å². The highest BCUT2D eigenvalue weighted by atomic mass is 16.6. The molecule has 0 aliphatic carbocycles. The summed E-state index contributed by atoms with van der Waals surface area (Å²) in [5.74, 6) is 1.27. The Hall–Kier alpha value is -1.62. The fourth-order valence-electron chi connectivity index (χ4n) is 2.53. The topological polar surface area (TPSA) is 61.6 Å². The van der Waals surface area contributed by atoms with Crippen molar-refractivity contribution in [3.8, 4) is 5.75 Å². The van der Waals surface area contributed by atoms with Crippen molar-refractivity contribution in [3.63, 3.8) is 0 Å². The van der Waals surface area contributed by atoms with Gasteiger partial charge in [-0.3, -0.25) is 10.1 Å². The van der Waals surface area contributed by atoms with E-state index < -0.39 is 4.92 Å². The molecule has 0 aliphatic rings. The van der Waals surface area contributed by atoms with Gasteiger partial charge in [0.2, 0.25) is 0 Å². The molecular weight excluding hydrogens is 294 g/mol. The highest BCUT2D eigenvalue weighted by Crippen LogP contribution is 2.22. The van der Waals surface area contributed by atoms with E-state index in [1.54, 1.807) is 12.1 Å². The van der Waals surface area contributed by atoms with Crippen LogP contribution < -0.4 is 4.74 Å². The van der Waals surface area contributed by atoms with Crippen LogP contribution in [0.5, 0.6) is 5.75 Å². The lowest BCUT2D eigenvalue weighted by Crippen LogP contribution is -2.24. The molecule has 0 saturated heterocycles. The van der Waals surface area contributed by atoms with Gasteiger partial charge < -0.3 is 9.47 Å². The first kappa shape index (κ1) is 19.4. The van der Waals surface area contributed by atoms with Gasteiger partial charge in [-0.05, 0) is 51.7 Å². The molecule has 1 aromatic rings. The first-order valence-corrected chi connectivity index (χ1v) is 8.35. The van der Waals surface area contributed by atoms with Crippen LogP contribution in [0.15, 0.2) is 24.3 Å². The monoisotopic (exact) mass is 323 g/mol. The number of nitrogens with zero attached hydrogens (tertiary/aromatic N) is 1. The fraction of sp³-hybridized carbons (Fsp3) is 0.667. The van der Waals surface area contributed by atoms with E-state index in [4.69, 9.17) is 9.47 Å². The maximum Gasteiger partial charge on any atom is 0.269 e. The minimum Gasteiger partial charge on any atom is -0.494 e. The Balaban J connectivity index is 2.21. The molecule has 23 heavy (non-hydrogen) atoms. The van der Waals surface area contributed by atoms with Gasteiger partial charge in [0.1, 0.15) is 5.75 Å². The molecule has 0 spiro atoms. The highest BCUT2D eigenvalue weighted by Gasteiger charge is 2.17. The second-order valence-corrected chi connectivity index (χ2v) is 6.58. The number of non-ortho nitro benzene ring substituents is 1. The van der Waals surface area contributed by atoms with Crippen molar-refractivity contribution in [3.05, 3.63) is 34.4 Å². The zero-order valence-electron chi connectivity index (χ0n) is 14.7. The summed E-state index contributed by atoms with van der Waals surface area (Å²) < 4.78 is 11.4. The average Bonchev–Trinajstić information content (AvgIpc) is 2.47. The smallest absolute Gasteiger partial charge is 0.269 e. The third kappa shape index (κ3) is 7.98.